The SMILES string of the molecule is O=C1C=C2CCCCCCC2C1c1ccccc1. The molecule has 2 aliphatic carbocycles. The molecular formula is C17H20O. The van der Waals surface area contributed by atoms with Crippen LogP contribution in [0.1, 0.15) is 50.0 Å². The number of ketones is 1. The van der Waals surface area contributed by atoms with E-state index in [1.54, 1.807) is 0 Å². The van der Waals surface area contributed by atoms with Crippen LogP contribution in [0.4, 0.5) is 0 Å². The van der Waals surface area contributed by atoms with Gasteiger partial charge in [0, 0.05) is 0 Å². The Kier molecular flexibility index (Phi) is 3.31. The molecule has 1 aromatic carbocycles. The Morgan fingerprint density at radius 2 is 1.72 bits per heavy atom. The van der Waals surface area contributed by atoms with Crippen molar-refractivity contribution < 1.29 is 4.79 Å². The van der Waals surface area contributed by atoms with E-state index in [-0.39, 0.29) is 5.92 Å². The molecule has 0 bridgehead atoms. The van der Waals surface area contributed by atoms with E-state index >= 15 is 0 Å². The predicted octanol–water partition coefficient (Wildman–Crippen LogP) is 4.25. The quantitative estimate of drug-likeness (QED) is 0.717. The van der Waals surface area contributed by atoms with Crippen LogP contribution < -0.4 is 0 Å². The van der Waals surface area contributed by atoms with E-state index in [0.29, 0.717) is 11.7 Å². The fourth-order valence-electron chi connectivity index (χ4n) is 3.51. The Labute approximate surface area is 109 Å². The van der Waals surface area contributed by atoms with Crippen LogP contribution in [0.25, 0.3) is 0 Å². The lowest BCUT2D eigenvalue weighted by Gasteiger charge is -2.24. The summed E-state index contributed by atoms with van der Waals surface area (Å²) in [5, 5.41) is 0. The van der Waals surface area contributed by atoms with E-state index in [9.17, 15) is 4.79 Å². The van der Waals surface area contributed by atoms with Crippen LogP contribution >= 0.6 is 0 Å². The largest absolute Gasteiger partial charge is 0.294 e. The highest BCUT2D eigenvalue weighted by Gasteiger charge is 2.36. The van der Waals surface area contributed by atoms with Gasteiger partial charge in [-0.25, -0.2) is 0 Å². The fraction of sp³-hybridized carbons (Fsp3) is 0.471. The van der Waals surface area contributed by atoms with Gasteiger partial charge in [-0.2, -0.15) is 0 Å². The van der Waals surface area contributed by atoms with Gasteiger partial charge in [0.15, 0.2) is 5.78 Å². The minimum atomic E-state index is 0.110. The van der Waals surface area contributed by atoms with Crippen LogP contribution in [0.5, 0.6) is 0 Å². The van der Waals surface area contributed by atoms with Crippen molar-refractivity contribution in [1.82, 2.24) is 0 Å². The Bertz CT molecular complexity index is 458. The van der Waals surface area contributed by atoms with Crippen molar-refractivity contribution in [2.24, 2.45) is 5.92 Å². The zero-order valence-electron chi connectivity index (χ0n) is 10.8. The number of carbonyl (C=O) groups is 1. The third kappa shape index (κ3) is 2.14. The second kappa shape index (κ2) is 5.09. The second-order valence-electron chi connectivity index (χ2n) is 5.57. The van der Waals surface area contributed by atoms with Crippen LogP contribution in [-0.2, 0) is 4.79 Å². The van der Waals surface area contributed by atoms with Gasteiger partial charge in [-0.1, -0.05) is 55.2 Å². The summed E-state index contributed by atoms with van der Waals surface area (Å²) in [7, 11) is 0. The number of fused-ring (bicyclic) bond motifs is 1. The Balaban J connectivity index is 1.89. The third-order valence-electron chi connectivity index (χ3n) is 4.40. The monoisotopic (exact) mass is 240 g/mol. The maximum absolute atomic E-state index is 12.3. The van der Waals surface area contributed by atoms with E-state index in [0.717, 1.165) is 6.42 Å². The molecule has 2 aliphatic rings. The minimum Gasteiger partial charge on any atom is -0.294 e. The summed E-state index contributed by atoms with van der Waals surface area (Å²) < 4.78 is 0. The molecule has 1 nitrogen and oxygen atoms in total. The van der Waals surface area contributed by atoms with Gasteiger partial charge in [0.25, 0.3) is 0 Å². The van der Waals surface area contributed by atoms with Crippen molar-refractivity contribution in [3.8, 4) is 0 Å². The van der Waals surface area contributed by atoms with Crippen molar-refractivity contribution >= 4 is 5.78 Å². The van der Waals surface area contributed by atoms with Gasteiger partial charge >= 0.3 is 0 Å². The molecule has 2 unspecified atom stereocenters. The first-order chi connectivity index (χ1) is 8.86. The molecule has 94 valence electrons. The first kappa shape index (κ1) is 11.7. The number of allylic oxidation sites excluding steroid dienone is 2. The van der Waals surface area contributed by atoms with Crippen LogP contribution in [0, 0.1) is 5.92 Å². The van der Waals surface area contributed by atoms with Gasteiger partial charge in [-0.3, -0.25) is 4.79 Å². The van der Waals surface area contributed by atoms with Crippen molar-refractivity contribution in [2.45, 2.75) is 44.4 Å². The van der Waals surface area contributed by atoms with Crippen molar-refractivity contribution in [1.29, 1.82) is 0 Å². The standard InChI is InChI=1S/C17H20O/c18-16-12-14-10-4-1-2-7-11-15(14)17(16)13-8-5-3-6-9-13/h3,5-6,8-9,12,15,17H,1-2,4,7,10-11H2. The molecule has 2 atom stereocenters. The molecule has 0 radical (unpaired) electrons. The molecule has 0 heterocycles. The molecular weight excluding hydrogens is 220 g/mol. The van der Waals surface area contributed by atoms with Gasteiger partial charge in [0.1, 0.15) is 0 Å². The van der Waals surface area contributed by atoms with Crippen LogP contribution in [0.3, 0.4) is 0 Å². The van der Waals surface area contributed by atoms with Gasteiger partial charge in [-0.05, 0) is 36.8 Å². The first-order valence-electron chi connectivity index (χ1n) is 7.15. The lowest BCUT2D eigenvalue weighted by molar-refractivity contribution is -0.116. The predicted molar refractivity (Wildman–Crippen MR) is 73.5 cm³/mol. The molecule has 0 aromatic heterocycles. The molecule has 0 aliphatic heterocycles. The van der Waals surface area contributed by atoms with Crippen LogP contribution in [-0.4, -0.2) is 5.78 Å². The summed E-state index contributed by atoms with van der Waals surface area (Å²) in [5.41, 5.74) is 2.63. The average Bonchev–Trinajstić information content (AvgIpc) is 2.66. The van der Waals surface area contributed by atoms with E-state index in [1.165, 1.54) is 43.2 Å². The number of hydrogen-bond acceptors (Lipinski definition) is 1. The second-order valence-corrected chi connectivity index (χ2v) is 5.57. The summed E-state index contributed by atoms with van der Waals surface area (Å²) in [6.07, 6.45) is 9.48. The normalized spacial score (nSPS) is 28.2. The Morgan fingerprint density at radius 1 is 0.944 bits per heavy atom. The molecule has 1 heteroatoms. The van der Waals surface area contributed by atoms with E-state index in [4.69, 9.17) is 0 Å². The summed E-state index contributed by atoms with van der Waals surface area (Å²) >= 11 is 0. The highest BCUT2D eigenvalue weighted by Crippen LogP contribution is 2.43. The number of carbonyl (C=O) groups excluding carboxylic acids is 1. The average molecular weight is 240 g/mol. The molecule has 1 aromatic rings. The molecule has 3 rings (SSSR count). The summed E-state index contributed by atoms with van der Waals surface area (Å²) in [6, 6.07) is 10.3. The third-order valence-corrected chi connectivity index (χ3v) is 4.40. The topological polar surface area (TPSA) is 17.1 Å². The Morgan fingerprint density at radius 3 is 2.56 bits per heavy atom. The highest BCUT2D eigenvalue weighted by molar-refractivity contribution is 5.99. The zero-order chi connectivity index (χ0) is 12.4. The number of rotatable bonds is 1. The van der Waals surface area contributed by atoms with Gasteiger partial charge < -0.3 is 0 Å². The molecule has 0 spiro atoms. The van der Waals surface area contributed by atoms with Crippen molar-refractivity contribution in [2.75, 3.05) is 0 Å². The van der Waals surface area contributed by atoms with Gasteiger partial charge in [0.05, 0.1) is 5.92 Å². The molecule has 1 fully saturated rings. The molecule has 1 saturated carbocycles. The number of hydrogen-bond donors (Lipinski definition) is 0. The smallest absolute Gasteiger partial charge is 0.163 e. The van der Waals surface area contributed by atoms with E-state index in [2.05, 4.69) is 12.1 Å². The molecule has 0 amide bonds. The minimum absolute atomic E-state index is 0.110. The van der Waals surface area contributed by atoms with E-state index in [1.807, 2.05) is 24.3 Å². The van der Waals surface area contributed by atoms with E-state index < -0.39 is 0 Å². The first-order valence-corrected chi connectivity index (χ1v) is 7.15. The zero-order valence-corrected chi connectivity index (χ0v) is 10.8. The molecule has 18 heavy (non-hydrogen) atoms. The maximum Gasteiger partial charge on any atom is 0.163 e. The lowest BCUT2D eigenvalue weighted by atomic mass is 9.79. The lowest BCUT2D eigenvalue weighted by Crippen LogP contribution is -2.16. The van der Waals surface area contributed by atoms with Gasteiger partial charge in [-0.15, -0.1) is 0 Å². The van der Waals surface area contributed by atoms with Crippen LogP contribution in [0.2, 0.25) is 0 Å². The highest BCUT2D eigenvalue weighted by atomic mass is 16.1. The van der Waals surface area contributed by atoms with Crippen LogP contribution in [0.15, 0.2) is 42.0 Å². The summed E-state index contributed by atoms with van der Waals surface area (Å²) in [5.74, 6) is 0.933. The molecule has 0 N–H and O–H groups in total. The maximum atomic E-state index is 12.3. The number of benzene rings is 1. The fourth-order valence-corrected chi connectivity index (χ4v) is 3.51. The Hall–Kier alpha value is -1.37. The molecule has 0 saturated heterocycles. The van der Waals surface area contributed by atoms with Crippen molar-refractivity contribution in [3.63, 3.8) is 0 Å². The summed E-state index contributed by atoms with van der Waals surface area (Å²) in [4.78, 5) is 12.3. The van der Waals surface area contributed by atoms with Gasteiger partial charge in [0.2, 0.25) is 0 Å². The summed E-state index contributed by atoms with van der Waals surface area (Å²) in [6.45, 7) is 0. The van der Waals surface area contributed by atoms with Crippen molar-refractivity contribution in [3.05, 3.63) is 47.5 Å².